The molecule has 0 aliphatic carbocycles. The summed E-state index contributed by atoms with van der Waals surface area (Å²) in [6.07, 6.45) is 0. The molecule has 0 radical (unpaired) electrons. The molecule has 0 spiro atoms. The van der Waals surface area contributed by atoms with Gasteiger partial charge in [0.25, 0.3) is 5.91 Å². The molecule has 1 N–H and O–H groups in total. The third-order valence-electron chi connectivity index (χ3n) is 5.29. The fourth-order valence-electron chi connectivity index (χ4n) is 3.61. The Morgan fingerprint density at radius 2 is 1.93 bits per heavy atom. The second-order valence-electron chi connectivity index (χ2n) is 7.43. The normalized spacial score (nSPS) is 15.8. The van der Waals surface area contributed by atoms with Crippen LogP contribution in [0.1, 0.15) is 21.7 Å². The van der Waals surface area contributed by atoms with Crippen molar-refractivity contribution >= 4 is 34.2 Å². The SMILES string of the molecule is Cc1c(C(=O)Nc2cccc(CN3CCN(C)CC3)c2)oc2ccc(Cl)cc12. The van der Waals surface area contributed by atoms with E-state index in [0.29, 0.717) is 16.4 Å². The second-order valence-corrected chi connectivity index (χ2v) is 7.87. The van der Waals surface area contributed by atoms with Gasteiger partial charge in [-0.1, -0.05) is 23.7 Å². The molecule has 1 amide bonds. The molecule has 1 aliphatic heterocycles. The van der Waals surface area contributed by atoms with Gasteiger partial charge in [-0.05, 0) is 49.9 Å². The van der Waals surface area contributed by atoms with Gasteiger partial charge < -0.3 is 14.6 Å². The number of fused-ring (bicyclic) bond motifs is 1. The Balaban J connectivity index is 1.48. The summed E-state index contributed by atoms with van der Waals surface area (Å²) >= 11 is 6.07. The van der Waals surface area contributed by atoms with Gasteiger partial charge in [0.2, 0.25) is 0 Å². The van der Waals surface area contributed by atoms with Gasteiger partial charge in [-0.15, -0.1) is 0 Å². The number of rotatable bonds is 4. The summed E-state index contributed by atoms with van der Waals surface area (Å²) in [6.45, 7) is 7.07. The number of benzene rings is 2. The van der Waals surface area contributed by atoms with Crippen molar-refractivity contribution in [2.24, 2.45) is 0 Å². The molecule has 146 valence electrons. The lowest BCUT2D eigenvalue weighted by atomic mass is 10.1. The number of nitrogens with one attached hydrogen (secondary N) is 1. The van der Waals surface area contributed by atoms with Crippen molar-refractivity contribution in [3.05, 3.63) is 64.4 Å². The van der Waals surface area contributed by atoms with E-state index in [-0.39, 0.29) is 5.91 Å². The van der Waals surface area contributed by atoms with E-state index >= 15 is 0 Å². The van der Waals surface area contributed by atoms with Gasteiger partial charge in [-0.25, -0.2) is 0 Å². The summed E-state index contributed by atoms with van der Waals surface area (Å²) in [6, 6.07) is 13.4. The van der Waals surface area contributed by atoms with Crippen LogP contribution in [0.25, 0.3) is 11.0 Å². The smallest absolute Gasteiger partial charge is 0.291 e. The first-order valence-corrected chi connectivity index (χ1v) is 9.87. The Bertz CT molecular complexity index is 1010. The molecule has 3 aromatic rings. The van der Waals surface area contributed by atoms with Crippen LogP contribution < -0.4 is 5.32 Å². The average Bonchev–Trinajstić information content (AvgIpc) is 3.00. The third kappa shape index (κ3) is 4.07. The van der Waals surface area contributed by atoms with Crippen molar-refractivity contribution in [3.8, 4) is 0 Å². The maximum atomic E-state index is 12.8. The maximum absolute atomic E-state index is 12.8. The number of furan rings is 1. The Kier molecular flexibility index (Phi) is 5.40. The molecule has 1 aromatic heterocycles. The molecular formula is C22H24ClN3O2. The van der Waals surface area contributed by atoms with Crippen LogP contribution in [0.2, 0.25) is 5.02 Å². The van der Waals surface area contributed by atoms with Crippen LogP contribution in [-0.4, -0.2) is 48.9 Å². The Labute approximate surface area is 169 Å². The van der Waals surface area contributed by atoms with Crippen LogP contribution in [-0.2, 0) is 6.54 Å². The van der Waals surface area contributed by atoms with Crippen molar-refractivity contribution < 1.29 is 9.21 Å². The minimum atomic E-state index is -0.249. The first-order chi connectivity index (χ1) is 13.5. The number of nitrogens with zero attached hydrogens (tertiary/aromatic N) is 2. The van der Waals surface area contributed by atoms with Crippen LogP contribution in [0.3, 0.4) is 0 Å². The van der Waals surface area contributed by atoms with E-state index in [0.717, 1.165) is 49.4 Å². The van der Waals surface area contributed by atoms with Crippen molar-refractivity contribution in [1.82, 2.24) is 9.80 Å². The lowest BCUT2D eigenvalue weighted by Gasteiger charge is -2.32. The van der Waals surface area contributed by atoms with E-state index in [1.54, 1.807) is 12.1 Å². The van der Waals surface area contributed by atoms with Crippen LogP contribution >= 0.6 is 11.6 Å². The molecule has 4 rings (SSSR count). The van der Waals surface area contributed by atoms with E-state index in [9.17, 15) is 4.79 Å². The number of aryl methyl sites for hydroxylation is 1. The second kappa shape index (κ2) is 7.95. The average molecular weight is 398 g/mol. The zero-order chi connectivity index (χ0) is 19.7. The van der Waals surface area contributed by atoms with E-state index in [2.05, 4.69) is 28.2 Å². The third-order valence-corrected chi connectivity index (χ3v) is 5.53. The number of piperazine rings is 1. The van der Waals surface area contributed by atoms with Gasteiger partial charge in [0.1, 0.15) is 5.58 Å². The highest BCUT2D eigenvalue weighted by Crippen LogP contribution is 2.28. The van der Waals surface area contributed by atoms with Crippen molar-refractivity contribution in [2.45, 2.75) is 13.5 Å². The first-order valence-electron chi connectivity index (χ1n) is 9.49. The number of carbonyl (C=O) groups excluding carboxylic acids is 1. The number of amides is 1. The lowest BCUT2D eigenvalue weighted by Crippen LogP contribution is -2.43. The number of anilines is 1. The number of likely N-dealkylation sites (N-methyl/N-ethyl adjacent to an activating group) is 1. The molecule has 5 nitrogen and oxygen atoms in total. The van der Waals surface area contributed by atoms with Crippen LogP contribution in [0.4, 0.5) is 5.69 Å². The molecule has 2 aromatic carbocycles. The highest BCUT2D eigenvalue weighted by atomic mass is 35.5. The molecule has 0 unspecified atom stereocenters. The molecule has 0 atom stereocenters. The molecule has 0 bridgehead atoms. The summed E-state index contributed by atoms with van der Waals surface area (Å²) in [5.41, 5.74) is 3.42. The molecule has 0 saturated carbocycles. The summed E-state index contributed by atoms with van der Waals surface area (Å²) in [7, 11) is 2.15. The zero-order valence-electron chi connectivity index (χ0n) is 16.2. The molecule has 1 fully saturated rings. The fraction of sp³-hybridized carbons (Fsp3) is 0.318. The van der Waals surface area contributed by atoms with Gasteiger partial charge in [-0.2, -0.15) is 0 Å². The minimum absolute atomic E-state index is 0.249. The molecule has 1 aliphatic rings. The topological polar surface area (TPSA) is 48.7 Å². The molecular weight excluding hydrogens is 374 g/mol. The zero-order valence-corrected chi connectivity index (χ0v) is 16.9. The highest BCUT2D eigenvalue weighted by molar-refractivity contribution is 6.31. The van der Waals surface area contributed by atoms with E-state index in [4.69, 9.17) is 16.0 Å². The van der Waals surface area contributed by atoms with Gasteiger partial charge >= 0.3 is 0 Å². The Hall–Kier alpha value is -2.34. The number of hydrogen-bond donors (Lipinski definition) is 1. The monoisotopic (exact) mass is 397 g/mol. The van der Waals surface area contributed by atoms with Crippen LogP contribution in [0.5, 0.6) is 0 Å². The van der Waals surface area contributed by atoms with E-state index in [1.807, 2.05) is 31.2 Å². The minimum Gasteiger partial charge on any atom is -0.451 e. The van der Waals surface area contributed by atoms with Crippen molar-refractivity contribution in [3.63, 3.8) is 0 Å². The van der Waals surface area contributed by atoms with Crippen LogP contribution in [0.15, 0.2) is 46.9 Å². The summed E-state index contributed by atoms with van der Waals surface area (Å²) in [5, 5.41) is 4.45. The summed E-state index contributed by atoms with van der Waals surface area (Å²) < 4.78 is 5.77. The molecule has 2 heterocycles. The number of hydrogen-bond acceptors (Lipinski definition) is 4. The molecule has 1 saturated heterocycles. The highest BCUT2D eigenvalue weighted by Gasteiger charge is 2.19. The Morgan fingerprint density at radius 3 is 2.71 bits per heavy atom. The maximum Gasteiger partial charge on any atom is 0.291 e. The van der Waals surface area contributed by atoms with Gasteiger partial charge in [0, 0.05) is 54.4 Å². The van der Waals surface area contributed by atoms with Crippen molar-refractivity contribution in [2.75, 3.05) is 38.5 Å². The standard InChI is InChI=1S/C22H24ClN3O2/c1-15-19-13-17(23)6-7-20(19)28-21(15)22(27)24-18-5-3-4-16(12-18)14-26-10-8-25(2)9-11-26/h3-7,12-13H,8-11,14H2,1-2H3,(H,24,27). The first kappa shape index (κ1) is 19.0. The van der Waals surface area contributed by atoms with Crippen LogP contribution in [0, 0.1) is 6.92 Å². The lowest BCUT2D eigenvalue weighted by molar-refractivity contribution is 0.0998. The predicted molar refractivity (Wildman–Crippen MR) is 113 cm³/mol. The summed E-state index contributed by atoms with van der Waals surface area (Å²) in [5.74, 6) is 0.0725. The number of carbonyl (C=O) groups is 1. The van der Waals surface area contributed by atoms with Gasteiger partial charge in [0.15, 0.2) is 5.76 Å². The van der Waals surface area contributed by atoms with E-state index < -0.39 is 0 Å². The molecule has 28 heavy (non-hydrogen) atoms. The largest absolute Gasteiger partial charge is 0.451 e. The van der Waals surface area contributed by atoms with E-state index in [1.165, 1.54) is 5.56 Å². The fourth-order valence-corrected chi connectivity index (χ4v) is 3.78. The van der Waals surface area contributed by atoms with Gasteiger partial charge in [0.05, 0.1) is 0 Å². The molecule has 6 heteroatoms. The predicted octanol–water partition coefficient (Wildman–Crippen LogP) is 4.39. The Morgan fingerprint density at radius 1 is 1.14 bits per heavy atom. The summed E-state index contributed by atoms with van der Waals surface area (Å²) in [4.78, 5) is 17.6. The van der Waals surface area contributed by atoms with Gasteiger partial charge in [-0.3, -0.25) is 9.69 Å². The van der Waals surface area contributed by atoms with Crippen molar-refractivity contribution in [1.29, 1.82) is 0 Å². The number of halogens is 1. The quantitative estimate of drug-likeness (QED) is 0.709.